The summed E-state index contributed by atoms with van der Waals surface area (Å²) < 4.78 is 0. The zero-order valence-electron chi connectivity index (χ0n) is 11.4. The minimum atomic E-state index is 0.117. The second kappa shape index (κ2) is 5.21. The second-order valence-electron chi connectivity index (χ2n) is 5.48. The molecule has 1 aromatic carbocycles. The molecule has 2 aliphatic rings. The van der Waals surface area contributed by atoms with E-state index < -0.39 is 0 Å². The molecular weight excluding hydrogens is 238 g/mol. The zero-order chi connectivity index (χ0) is 13.2. The highest BCUT2D eigenvalue weighted by atomic mass is 16.2. The predicted molar refractivity (Wildman–Crippen MR) is 76.5 cm³/mol. The summed E-state index contributed by atoms with van der Waals surface area (Å²) in [6, 6.07) is 9.00. The van der Waals surface area contributed by atoms with E-state index in [-0.39, 0.29) is 6.03 Å². The van der Waals surface area contributed by atoms with E-state index in [2.05, 4.69) is 23.5 Å². The SMILES string of the molecule is CN1CCN(c2ccccc2CC2CCCN2)C1=O. The fourth-order valence-electron chi connectivity index (χ4n) is 3.01. The van der Waals surface area contributed by atoms with Crippen LogP contribution in [0.25, 0.3) is 0 Å². The highest BCUT2D eigenvalue weighted by molar-refractivity contribution is 5.94. The Balaban J connectivity index is 1.82. The Kier molecular flexibility index (Phi) is 3.42. The van der Waals surface area contributed by atoms with E-state index in [1.54, 1.807) is 4.90 Å². The molecule has 1 N–H and O–H groups in total. The van der Waals surface area contributed by atoms with Gasteiger partial charge in [0, 0.05) is 31.9 Å². The number of nitrogens with one attached hydrogen (secondary N) is 1. The molecule has 1 unspecified atom stereocenters. The van der Waals surface area contributed by atoms with Crippen LogP contribution in [0.5, 0.6) is 0 Å². The topological polar surface area (TPSA) is 35.6 Å². The minimum Gasteiger partial charge on any atom is -0.326 e. The fourth-order valence-corrected chi connectivity index (χ4v) is 3.01. The molecule has 0 bridgehead atoms. The van der Waals surface area contributed by atoms with Crippen LogP contribution in [0.2, 0.25) is 0 Å². The maximum atomic E-state index is 12.1. The number of likely N-dealkylation sites (N-methyl/N-ethyl adjacent to an activating group) is 1. The van der Waals surface area contributed by atoms with Gasteiger partial charge in [-0.3, -0.25) is 4.90 Å². The van der Waals surface area contributed by atoms with Gasteiger partial charge < -0.3 is 10.2 Å². The van der Waals surface area contributed by atoms with Crippen LogP contribution in [0.1, 0.15) is 18.4 Å². The Hall–Kier alpha value is -1.55. The summed E-state index contributed by atoms with van der Waals surface area (Å²) in [6.07, 6.45) is 3.52. The molecule has 0 spiro atoms. The van der Waals surface area contributed by atoms with Crippen molar-refractivity contribution in [3.05, 3.63) is 29.8 Å². The number of amides is 2. The number of rotatable bonds is 3. The van der Waals surface area contributed by atoms with Gasteiger partial charge in [0.05, 0.1) is 0 Å². The number of benzene rings is 1. The first-order valence-electron chi connectivity index (χ1n) is 7.09. The van der Waals surface area contributed by atoms with Gasteiger partial charge in [0.15, 0.2) is 0 Å². The Morgan fingerprint density at radius 3 is 2.84 bits per heavy atom. The van der Waals surface area contributed by atoms with Crippen molar-refractivity contribution in [2.75, 3.05) is 31.6 Å². The third-order valence-electron chi connectivity index (χ3n) is 4.13. The van der Waals surface area contributed by atoms with Crippen LogP contribution in [-0.2, 0) is 6.42 Å². The van der Waals surface area contributed by atoms with E-state index in [9.17, 15) is 4.79 Å². The molecule has 2 aliphatic heterocycles. The van der Waals surface area contributed by atoms with Crippen LogP contribution >= 0.6 is 0 Å². The summed E-state index contributed by atoms with van der Waals surface area (Å²) in [5.41, 5.74) is 2.37. The molecular formula is C15H21N3O. The van der Waals surface area contributed by atoms with Crippen molar-refractivity contribution in [2.24, 2.45) is 0 Å². The van der Waals surface area contributed by atoms with Gasteiger partial charge in [-0.05, 0) is 37.4 Å². The van der Waals surface area contributed by atoms with Gasteiger partial charge in [-0.15, -0.1) is 0 Å². The Bertz CT molecular complexity index is 468. The molecule has 0 radical (unpaired) electrons. The lowest BCUT2D eigenvalue weighted by Gasteiger charge is -2.21. The van der Waals surface area contributed by atoms with Gasteiger partial charge in [0.1, 0.15) is 0 Å². The van der Waals surface area contributed by atoms with E-state index in [4.69, 9.17) is 0 Å². The summed E-state index contributed by atoms with van der Waals surface area (Å²) in [5, 5.41) is 3.53. The summed E-state index contributed by atoms with van der Waals surface area (Å²) in [4.78, 5) is 15.8. The maximum absolute atomic E-state index is 12.1. The Morgan fingerprint density at radius 2 is 2.16 bits per heavy atom. The van der Waals surface area contributed by atoms with Crippen molar-refractivity contribution in [1.82, 2.24) is 10.2 Å². The number of para-hydroxylation sites is 1. The number of urea groups is 1. The third-order valence-corrected chi connectivity index (χ3v) is 4.13. The normalized spacial score (nSPS) is 23.4. The second-order valence-corrected chi connectivity index (χ2v) is 5.48. The van der Waals surface area contributed by atoms with Gasteiger partial charge in [-0.25, -0.2) is 4.79 Å². The van der Waals surface area contributed by atoms with Gasteiger partial charge in [0.25, 0.3) is 0 Å². The lowest BCUT2D eigenvalue weighted by molar-refractivity contribution is 0.229. The molecule has 3 rings (SSSR count). The minimum absolute atomic E-state index is 0.117. The number of carbonyl (C=O) groups is 1. The van der Waals surface area contributed by atoms with Gasteiger partial charge in [0.2, 0.25) is 0 Å². The highest BCUT2D eigenvalue weighted by Crippen LogP contribution is 2.26. The quantitative estimate of drug-likeness (QED) is 0.899. The van der Waals surface area contributed by atoms with Crippen molar-refractivity contribution in [1.29, 1.82) is 0 Å². The molecule has 4 nitrogen and oxygen atoms in total. The largest absolute Gasteiger partial charge is 0.326 e. The van der Waals surface area contributed by atoms with Crippen molar-refractivity contribution < 1.29 is 4.79 Å². The molecule has 4 heteroatoms. The monoisotopic (exact) mass is 259 g/mol. The molecule has 1 aromatic rings. The van der Waals surface area contributed by atoms with Crippen LogP contribution in [0.3, 0.4) is 0 Å². The van der Waals surface area contributed by atoms with Crippen LogP contribution in [0.15, 0.2) is 24.3 Å². The van der Waals surface area contributed by atoms with E-state index in [0.717, 1.165) is 31.7 Å². The fraction of sp³-hybridized carbons (Fsp3) is 0.533. The van der Waals surface area contributed by atoms with Crippen LogP contribution < -0.4 is 10.2 Å². The van der Waals surface area contributed by atoms with Crippen molar-refractivity contribution in [3.8, 4) is 0 Å². The van der Waals surface area contributed by atoms with E-state index in [1.165, 1.54) is 18.4 Å². The van der Waals surface area contributed by atoms with Gasteiger partial charge in [-0.2, -0.15) is 0 Å². The predicted octanol–water partition coefficient (Wildman–Crippen LogP) is 1.85. The Labute approximate surface area is 114 Å². The molecule has 2 fully saturated rings. The number of nitrogens with zero attached hydrogens (tertiary/aromatic N) is 2. The molecule has 2 amide bonds. The molecule has 19 heavy (non-hydrogen) atoms. The summed E-state index contributed by atoms with van der Waals surface area (Å²) in [6.45, 7) is 2.73. The van der Waals surface area contributed by atoms with Gasteiger partial charge >= 0.3 is 6.03 Å². The van der Waals surface area contributed by atoms with Crippen LogP contribution in [-0.4, -0.2) is 43.7 Å². The van der Waals surface area contributed by atoms with Crippen LogP contribution in [0, 0.1) is 0 Å². The van der Waals surface area contributed by atoms with Crippen molar-refractivity contribution in [2.45, 2.75) is 25.3 Å². The number of anilines is 1. The lowest BCUT2D eigenvalue weighted by Crippen LogP contribution is -2.31. The molecule has 0 aliphatic carbocycles. The first-order chi connectivity index (χ1) is 9.25. The first kappa shape index (κ1) is 12.5. The number of hydrogen-bond donors (Lipinski definition) is 1. The molecule has 0 saturated carbocycles. The average Bonchev–Trinajstić information content (AvgIpc) is 3.03. The molecule has 102 valence electrons. The lowest BCUT2D eigenvalue weighted by atomic mass is 10.0. The maximum Gasteiger partial charge on any atom is 0.324 e. The summed E-state index contributed by atoms with van der Waals surface area (Å²) >= 11 is 0. The van der Waals surface area contributed by atoms with Crippen LogP contribution in [0.4, 0.5) is 10.5 Å². The number of hydrogen-bond acceptors (Lipinski definition) is 2. The van der Waals surface area contributed by atoms with E-state index >= 15 is 0 Å². The van der Waals surface area contributed by atoms with Crippen molar-refractivity contribution >= 4 is 11.7 Å². The number of carbonyl (C=O) groups excluding carboxylic acids is 1. The summed E-state index contributed by atoms with van der Waals surface area (Å²) in [5.74, 6) is 0. The van der Waals surface area contributed by atoms with Gasteiger partial charge in [-0.1, -0.05) is 18.2 Å². The standard InChI is InChI=1S/C15H21N3O/c1-17-9-10-18(15(17)19)14-7-3-2-5-12(14)11-13-6-4-8-16-13/h2-3,5,7,13,16H,4,6,8-11H2,1H3. The molecule has 1 atom stereocenters. The summed E-state index contributed by atoms with van der Waals surface area (Å²) in [7, 11) is 1.86. The molecule has 0 aromatic heterocycles. The third kappa shape index (κ3) is 2.45. The van der Waals surface area contributed by atoms with E-state index in [1.807, 2.05) is 18.0 Å². The van der Waals surface area contributed by atoms with Crippen molar-refractivity contribution in [3.63, 3.8) is 0 Å². The molecule has 2 saturated heterocycles. The zero-order valence-corrected chi connectivity index (χ0v) is 11.4. The van der Waals surface area contributed by atoms with E-state index in [0.29, 0.717) is 6.04 Å². The molecule has 2 heterocycles. The average molecular weight is 259 g/mol. The highest BCUT2D eigenvalue weighted by Gasteiger charge is 2.28. The first-order valence-corrected chi connectivity index (χ1v) is 7.09. The smallest absolute Gasteiger partial charge is 0.324 e. The Morgan fingerprint density at radius 1 is 1.32 bits per heavy atom.